The summed E-state index contributed by atoms with van der Waals surface area (Å²) in [7, 11) is 4.16. The fourth-order valence-corrected chi connectivity index (χ4v) is 2.41. The normalized spacial score (nSPS) is 13.1. The fourth-order valence-electron chi connectivity index (χ4n) is 2.41. The van der Waals surface area contributed by atoms with E-state index < -0.39 is 0 Å². The lowest BCUT2D eigenvalue weighted by Crippen LogP contribution is -2.31. The van der Waals surface area contributed by atoms with E-state index in [1.54, 1.807) is 0 Å². The predicted molar refractivity (Wildman–Crippen MR) is 89.0 cm³/mol. The molecule has 0 aromatic heterocycles. The first kappa shape index (κ1) is 19.9. The third kappa shape index (κ3) is 15.9. The van der Waals surface area contributed by atoms with Crippen LogP contribution in [0.2, 0.25) is 0 Å². The largest absolute Gasteiger partial charge is 0.379 e. The SMILES string of the molecule is CCCCCCCCCCCC(O)NCCCN(C)C. The maximum atomic E-state index is 9.79. The van der Waals surface area contributed by atoms with Gasteiger partial charge in [0.15, 0.2) is 0 Å². The number of nitrogens with one attached hydrogen (secondary N) is 1. The van der Waals surface area contributed by atoms with E-state index in [-0.39, 0.29) is 6.23 Å². The van der Waals surface area contributed by atoms with Gasteiger partial charge in [0, 0.05) is 0 Å². The molecule has 0 aliphatic carbocycles. The summed E-state index contributed by atoms with van der Waals surface area (Å²) in [5.74, 6) is 0. The molecule has 0 aromatic carbocycles. The van der Waals surface area contributed by atoms with E-state index in [1.165, 1.54) is 51.4 Å². The lowest BCUT2D eigenvalue weighted by atomic mass is 10.1. The monoisotopic (exact) mass is 286 g/mol. The number of aliphatic hydroxyl groups excluding tert-OH is 1. The Balaban J connectivity index is 3.13. The van der Waals surface area contributed by atoms with Crippen LogP contribution < -0.4 is 5.32 Å². The van der Waals surface area contributed by atoms with Crippen LogP contribution in [-0.2, 0) is 0 Å². The van der Waals surface area contributed by atoms with Gasteiger partial charge in [-0.25, -0.2) is 0 Å². The van der Waals surface area contributed by atoms with Crippen LogP contribution in [0.1, 0.15) is 77.6 Å². The average molecular weight is 287 g/mol. The summed E-state index contributed by atoms with van der Waals surface area (Å²) in [4.78, 5) is 2.18. The van der Waals surface area contributed by atoms with E-state index in [4.69, 9.17) is 0 Å². The lowest BCUT2D eigenvalue weighted by Gasteiger charge is -2.14. The van der Waals surface area contributed by atoms with Gasteiger partial charge in [0.05, 0.1) is 0 Å². The van der Waals surface area contributed by atoms with E-state index in [1.807, 2.05) is 0 Å². The fraction of sp³-hybridized carbons (Fsp3) is 1.00. The van der Waals surface area contributed by atoms with E-state index in [0.717, 1.165) is 32.4 Å². The number of nitrogens with zero attached hydrogens (tertiary/aromatic N) is 1. The molecule has 1 atom stereocenters. The summed E-state index contributed by atoms with van der Waals surface area (Å²) in [6.07, 6.45) is 13.8. The van der Waals surface area contributed by atoms with Gasteiger partial charge in [0.1, 0.15) is 6.23 Å². The number of hydrogen-bond donors (Lipinski definition) is 2. The summed E-state index contributed by atoms with van der Waals surface area (Å²) < 4.78 is 0. The molecule has 122 valence electrons. The first-order valence-corrected chi connectivity index (χ1v) is 8.73. The summed E-state index contributed by atoms with van der Waals surface area (Å²) in [6, 6.07) is 0. The van der Waals surface area contributed by atoms with Crippen LogP contribution in [0.15, 0.2) is 0 Å². The Kier molecular flexibility index (Phi) is 15.2. The standard InChI is InChI=1S/C17H38N2O/c1-4-5-6-7-8-9-10-11-12-14-17(20)18-15-13-16-19(2)3/h17-18,20H,4-16H2,1-3H3. The molecule has 0 heterocycles. The van der Waals surface area contributed by atoms with Gasteiger partial charge in [-0.15, -0.1) is 0 Å². The van der Waals surface area contributed by atoms with E-state index in [0.29, 0.717) is 0 Å². The van der Waals surface area contributed by atoms with Crippen molar-refractivity contribution < 1.29 is 5.11 Å². The minimum Gasteiger partial charge on any atom is -0.379 e. The molecule has 0 spiro atoms. The molecule has 0 radical (unpaired) electrons. The summed E-state index contributed by atoms with van der Waals surface area (Å²) in [6.45, 7) is 4.26. The molecule has 2 N–H and O–H groups in total. The molecule has 0 aliphatic heterocycles. The van der Waals surface area contributed by atoms with Crippen LogP contribution in [0, 0.1) is 0 Å². The van der Waals surface area contributed by atoms with Crippen molar-refractivity contribution in [2.45, 2.75) is 83.8 Å². The molecule has 0 saturated heterocycles. The van der Waals surface area contributed by atoms with Crippen LogP contribution in [0.5, 0.6) is 0 Å². The minimum absolute atomic E-state index is 0.304. The highest BCUT2D eigenvalue weighted by Gasteiger charge is 2.02. The van der Waals surface area contributed by atoms with Crippen molar-refractivity contribution in [3.8, 4) is 0 Å². The Bertz CT molecular complexity index is 186. The van der Waals surface area contributed by atoms with Crippen LogP contribution in [-0.4, -0.2) is 43.4 Å². The third-order valence-electron chi connectivity index (χ3n) is 3.74. The Morgan fingerprint density at radius 3 is 1.95 bits per heavy atom. The van der Waals surface area contributed by atoms with Gasteiger partial charge >= 0.3 is 0 Å². The highest BCUT2D eigenvalue weighted by atomic mass is 16.3. The molecule has 0 aromatic rings. The van der Waals surface area contributed by atoms with Crippen molar-refractivity contribution in [3.63, 3.8) is 0 Å². The van der Waals surface area contributed by atoms with E-state index in [2.05, 4.69) is 31.2 Å². The van der Waals surface area contributed by atoms with Crippen LogP contribution >= 0.6 is 0 Å². The quantitative estimate of drug-likeness (QED) is 0.355. The topological polar surface area (TPSA) is 35.5 Å². The van der Waals surface area contributed by atoms with E-state index in [9.17, 15) is 5.11 Å². The average Bonchev–Trinajstić information content (AvgIpc) is 2.41. The smallest absolute Gasteiger partial charge is 0.104 e. The molecule has 20 heavy (non-hydrogen) atoms. The van der Waals surface area contributed by atoms with Gasteiger partial charge in [0.25, 0.3) is 0 Å². The Morgan fingerprint density at radius 1 is 0.850 bits per heavy atom. The molecule has 0 rings (SSSR count). The third-order valence-corrected chi connectivity index (χ3v) is 3.74. The maximum Gasteiger partial charge on any atom is 0.104 e. The van der Waals surface area contributed by atoms with Crippen LogP contribution in [0.25, 0.3) is 0 Å². The van der Waals surface area contributed by atoms with Crippen molar-refractivity contribution >= 4 is 0 Å². The first-order chi connectivity index (χ1) is 9.66. The summed E-state index contributed by atoms with van der Waals surface area (Å²) >= 11 is 0. The minimum atomic E-state index is -0.304. The highest BCUT2D eigenvalue weighted by Crippen LogP contribution is 2.10. The van der Waals surface area contributed by atoms with Gasteiger partial charge in [0.2, 0.25) is 0 Å². The molecular formula is C17H38N2O. The summed E-state index contributed by atoms with van der Waals surface area (Å²) in [5, 5.41) is 13.0. The van der Waals surface area contributed by atoms with Gasteiger partial charge in [-0.2, -0.15) is 0 Å². The second-order valence-electron chi connectivity index (χ2n) is 6.24. The maximum absolute atomic E-state index is 9.79. The molecule has 3 heteroatoms. The van der Waals surface area contributed by atoms with Crippen LogP contribution in [0.3, 0.4) is 0 Å². The molecule has 0 amide bonds. The number of unbranched alkanes of at least 4 members (excludes halogenated alkanes) is 8. The number of rotatable bonds is 15. The van der Waals surface area contributed by atoms with Gasteiger partial charge < -0.3 is 10.0 Å². The second-order valence-corrected chi connectivity index (χ2v) is 6.24. The van der Waals surface area contributed by atoms with Crippen molar-refractivity contribution in [2.75, 3.05) is 27.2 Å². The van der Waals surface area contributed by atoms with Crippen molar-refractivity contribution in [1.82, 2.24) is 10.2 Å². The molecule has 0 aliphatic rings. The van der Waals surface area contributed by atoms with Crippen LogP contribution in [0.4, 0.5) is 0 Å². The zero-order chi connectivity index (χ0) is 15.1. The summed E-state index contributed by atoms with van der Waals surface area (Å²) in [5.41, 5.74) is 0. The lowest BCUT2D eigenvalue weighted by molar-refractivity contribution is 0.123. The second kappa shape index (κ2) is 15.3. The molecule has 0 bridgehead atoms. The molecule has 3 nitrogen and oxygen atoms in total. The Morgan fingerprint density at radius 2 is 1.40 bits per heavy atom. The Labute approximate surface area is 127 Å². The first-order valence-electron chi connectivity index (χ1n) is 8.73. The molecule has 0 fully saturated rings. The van der Waals surface area contributed by atoms with Gasteiger partial charge in [-0.1, -0.05) is 58.3 Å². The Hall–Kier alpha value is -0.120. The van der Waals surface area contributed by atoms with Crippen molar-refractivity contribution in [1.29, 1.82) is 0 Å². The van der Waals surface area contributed by atoms with Gasteiger partial charge in [-0.3, -0.25) is 5.32 Å². The van der Waals surface area contributed by atoms with Crippen molar-refractivity contribution in [2.24, 2.45) is 0 Å². The highest BCUT2D eigenvalue weighted by molar-refractivity contribution is 4.56. The molecule has 1 unspecified atom stereocenters. The molecular weight excluding hydrogens is 248 g/mol. The number of aliphatic hydroxyl groups is 1. The predicted octanol–water partition coefficient (Wildman–Crippen LogP) is 3.77. The van der Waals surface area contributed by atoms with Gasteiger partial charge in [-0.05, 0) is 46.4 Å². The zero-order valence-corrected chi connectivity index (χ0v) is 14.2. The van der Waals surface area contributed by atoms with E-state index >= 15 is 0 Å². The molecule has 0 saturated carbocycles. The zero-order valence-electron chi connectivity index (χ0n) is 14.2. The van der Waals surface area contributed by atoms with Crippen molar-refractivity contribution in [3.05, 3.63) is 0 Å². The number of hydrogen-bond acceptors (Lipinski definition) is 3.